The number of pyridine rings is 1. The van der Waals surface area contributed by atoms with Crippen LogP contribution in [-0.4, -0.2) is 59.9 Å². The molecule has 138 valence electrons. The van der Waals surface area contributed by atoms with Gasteiger partial charge in [-0.1, -0.05) is 24.3 Å². The lowest BCUT2D eigenvalue weighted by atomic mass is 9.87. The van der Waals surface area contributed by atoms with Gasteiger partial charge in [0.1, 0.15) is 5.69 Å². The Morgan fingerprint density at radius 3 is 2.58 bits per heavy atom. The van der Waals surface area contributed by atoms with Crippen LogP contribution in [0, 0.1) is 0 Å². The highest BCUT2D eigenvalue weighted by molar-refractivity contribution is 7.88. The number of likely N-dealkylation sites (tertiary alicyclic amines) is 1. The fraction of sp³-hybridized carbons (Fsp3) is 0.474. The van der Waals surface area contributed by atoms with E-state index in [0.717, 1.165) is 36.6 Å². The second-order valence-corrected chi connectivity index (χ2v) is 9.29. The lowest BCUT2D eigenvalue weighted by molar-refractivity contribution is 0.0519. The summed E-state index contributed by atoms with van der Waals surface area (Å²) in [4.78, 5) is 19.3. The van der Waals surface area contributed by atoms with E-state index in [1.165, 1.54) is 6.26 Å². The molecule has 0 bridgehead atoms. The zero-order valence-corrected chi connectivity index (χ0v) is 15.7. The van der Waals surface area contributed by atoms with Crippen LogP contribution in [0.4, 0.5) is 0 Å². The van der Waals surface area contributed by atoms with Crippen molar-refractivity contribution < 1.29 is 13.2 Å². The monoisotopic (exact) mass is 373 g/mol. The Balaban J connectivity index is 1.62. The molecule has 7 heteroatoms. The summed E-state index contributed by atoms with van der Waals surface area (Å²) >= 11 is 0. The normalized spacial score (nSPS) is 24.4. The Morgan fingerprint density at radius 1 is 1.08 bits per heavy atom. The molecule has 0 aliphatic carbocycles. The van der Waals surface area contributed by atoms with Gasteiger partial charge < -0.3 is 4.90 Å². The van der Waals surface area contributed by atoms with Crippen molar-refractivity contribution in [2.45, 2.75) is 31.2 Å². The second-order valence-electron chi connectivity index (χ2n) is 7.38. The first-order valence-electron chi connectivity index (χ1n) is 9.02. The Labute approximate surface area is 153 Å². The molecule has 4 rings (SSSR count). The van der Waals surface area contributed by atoms with Gasteiger partial charge in [-0.15, -0.1) is 0 Å². The van der Waals surface area contributed by atoms with Gasteiger partial charge in [0.2, 0.25) is 10.0 Å². The summed E-state index contributed by atoms with van der Waals surface area (Å²) in [5, 5.41) is 0.998. The third kappa shape index (κ3) is 2.99. The van der Waals surface area contributed by atoms with Crippen LogP contribution in [0.3, 0.4) is 0 Å². The maximum absolute atomic E-state index is 13.0. The lowest BCUT2D eigenvalue weighted by Crippen LogP contribution is -2.58. The quantitative estimate of drug-likeness (QED) is 0.810. The van der Waals surface area contributed by atoms with E-state index in [0.29, 0.717) is 25.3 Å². The summed E-state index contributed by atoms with van der Waals surface area (Å²) in [7, 11) is -3.27. The van der Waals surface area contributed by atoms with Crippen LogP contribution in [0.25, 0.3) is 10.9 Å². The average Bonchev–Trinajstić information content (AvgIpc) is 3.03. The Kier molecular flexibility index (Phi) is 4.23. The fourth-order valence-electron chi connectivity index (χ4n) is 4.47. The van der Waals surface area contributed by atoms with E-state index >= 15 is 0 Å². The molecule has 2 aliphatic rings. The fourth-order valence-corrected chi connectivity index (χ4v) is 5.88. The highest BCUT2D eigenvalue weighted by atomic mass is 32.2. The third-order valence-corrected chi connectivity index (χ3v) is 6.96. The molecule has 2 aromatic rings. The molecule has 1 amide bonds. The molecule has 2 fully saturated rings. The molecule has 1 aromatic carbocycles. The Morgan fingerprint density at radius 2 is 1.81 bits per heavy atom. The first kappa shape index (κ1) is 17.4. The van der Waals surface area contributed by atoms with Crippen LogP contribution < -0.4 is 0 Å². The Hall–Kier alpha value is -1.99. The first-order chi connectivity index (χ1) is 12.4. The minimum absolute atomic E-state index is 0.116. The van der Waals surface area contributed by atoms with Crippen LogP contribution >= 0.6 is 0 Å². The molecule has 26 heavy (non-hydrogen) atoms. The number of aromatic nitrogens is 1. The number of carbonyl (C=O) groups excluding carboxylic acids is 1. The highest BCUT2D eigenvalue weighted by Crippen LogP contribution is 2.39. The number of hydrogen-bond acceptors (Lipinski definition) is 4. The van der Waals surface area contributed by atoms with Crippen LogP contribution in [-0.2, 0) is 10.0 Å². The predicted octanol–water partition coefficient (Wildman–Crippen LogP) is 2.26. The maximum atomic E-state index is 13.0. The number of piperidine rings is 1. The third-order valence-electron chi connectivity index (χ3n) is 5.59. The van der Waals surface area contributed by atoms with E-state index < -0.39 is 15.6 Å². The van der Waals surface area contributed by atoms with Crippen molar-refractivity contribution in [1.82, 2.24) is 14.2 Å². The summed E-state index contributed by atoms with van der Waals surface area (Å²) in [6.45, 7) is 1.65. The molecule has 0 radical (unpaired) electrons. The number of sulfonamides is 1. The standard InChI is InChI=1S/C19H23N3O3S/c1-26(24,25)22-13-5-11-19(22)10-4-12-21(14-19)18(23)17-9-8-15-6-2-3-7-16(15)20-17/h2-3,6-9H,4-5,10-14H2,1H3. The molecule has 2 aliphatic heterocycles. The van der Waals surface area contributed by atoms with Crippen LogP contribution in [0.5, 0.6) is 0 Å². The number of rotatable bonds is 2. The molecular formula is C19H23N3O3S. The molecule has 1 aromatic heterocycles. The van der Waals surface area contributed by atoms with E-state index in [1.807, 2.05) is 30.3 Å². The molecule has 3 heterocycles. The van der Waals surface area contributed by atoms with Crippen LogP contribution in [0.1, 0.15) is 36.2 Å². The second kappa shape index (κ2) is 6.32. The topological polar surface area (TPSA) is 70.6 Å². The van der Waals surface area contributed by atoms with Gasteiger partial charge in [-0.2, -0.15) is 4.31 Å². The van der Waals surface area contributed by atoms with Crippen molar-refractivity contribution in [3.05, 3.63) is 42.1 Å². The van der Waals surface area contributed by atoms with Crippen molar-refractivity contribution in [1.29, 1.82) is 0 Å². The smallest absolute Gasteiger partial charge is 0.272 e. The van der Waals surface area contributed by atoms with Crippen LogP contribution in [0.2, 0.25) is 0 Å². The van der Waals surface area contributed by atoms with Gasteiger partial charge >= 0.3 is 0 Å². The summed E-state index contributed by atoms with van der Waals surface area (Å²) in [5.74, 6) is -0.116. The van der Waals surface area contributed by atoms with Gasteiger partial charge in [0.25, 0.3) is 5.91 Å². The number of carbonyl (C=O) groups is 1. The SMILES string of the molecule is CS(=O)(=O)N1CCCC12CCCN(C(=O)c1ccc3ccccc3n1)C2. The van der Waals surface area contributed by atoms with E-state index in [9.17, 15) is 13.2 Å². The number of hydrogen-bond donors (Lipinski definition) is 0. The van der Waals surface area contributed by atoms with Gasteiger partial charge in [-0.05, 0) is 37.8 Å². The van der Waals surface area contributed by atoms with E-state index in [4.69, 9.17) is 0 Å². The number of nitrogens with zero attached hydrogens (tertiary/aromatic N) is 3. The van der Waals surface area contributed by atoms with Gasteiger partial charge in [0, 0.05) is 25.0 Å². The molecular weight excluding hydrogens is 350 g/mol. The molecule has 0 saturated carbocycles. The summed E-state index contributed by atoms with van der Waals surface area (Å²) in [6.07, 6.45) is 4.56. The summed E-state index contributed by atoms with van der Waals surface area (Å²) < 4.78 is 26.0. The molecule has 6 nitrogen and oxygen atoms in total. The minimum atomic E-state index is -3.27. The zero-order chi connectivity index (χ0) is 18.4. The molecule has 2 saturated heterocycles. The summed E-state index contributed by atoms with van der Waals surface area (Å²) in [5.41, 5.74) is 0.770. The van der Waals surface area contributed by atoms with E-state index in [-0.39, 0.29) is 5.91 Å². The average molecular weight is 373 g/mol. The highest BCUT2D eigenvalue weighted by Gasteiger charge is 2.48. The molecule has 1 spiro atoms. The van der Waals surface area contributed by atoms with Gasteiger partial charge in [-0.3, -0.25) is 4.79 Å². The minimum Gasteiger partial charge on any atom is -0.335 e. The maximum Gasteiger partial charge on any atom is 0.272 e. The molecule has 1 atom stereocenters. The van der Waals surface area contributed by atoms with Crippen molar-refractivity contribution in [3.63, 3.8) is 0 Å². The Bertz CT molecular complexity index is 959. The first-order valence-corrected chi connectivity index (χ1v) is 10.9. The number of fused-ring (bicyclic) bond motifs is 1. The van der Waals surface area contributed by atoms with Crippen molar-refractivity contribution >= 4 is 26.8 Å². The van der Waals surface area contributed by atoms with E-state index in [1.54, 1.807) is 15.3 Å². The van der Waals surface area contributed by atoms with Crippen LogP contribution in [0.15, 0.2) is 36.4 Å². The van der Waals surface area contributed by atoms with Crippen molar-refractivity contribution in [3.8, 4) is 0 Å². The van der Waals surface area contributed by atoms with Gasteiger partial charge in [0.15, 0.2) is 0 Å². The van der Waals surface area contributed by atoms with Crippen molar-refractivity contribution in [2.75, 3.05) is 25.9 Å². The van der Waals surface area contributed by atoms with E-state index in [2.05, 4.69) is 4.98 Å². The summed E-state index contributed by atoms with van der Waals surface area (Å²) in [6, 6.07) is 11.4. The van der Waals surface area contributed by atoms with Crippen molar-refractivity contribution in [2.24, 2.45) is 0 Å². The number of amides is 1. The van der Waals surface area contributed by atoms with Gasteiger partial charge in [-0.25, -0.2) is 13.4 Å². The van der Waals surface area contributed by atoms with Gasteiger partial charge in [0.05, 0.1) is 17.3 Å². The largest absolute Gasteiger partial charge is 0.335 e. The molecule has 0 N–H and O–H groups in total. The number of benzene rings is 1. The number of para-hydroxylation sites is 1. The zero-order valence-electron chi connectivity index (χ0n) is 14.9. The predicted molar refractivity (Wildman–Crippen MR) is 100 cm³/mol. The lowest BCUT2D eigenvalue weighted by Gasteiger charge is -2.44. The molecule has 1 unspecified atom stereocenters.